The largest absolute Gasteiger partial charge is 0.394 e. The number of aromatic nitrogens is 2. The lowest BCUT2D eigenvalue weighted by Crippen LogP contribution is -2.36. The summed E-state index contributed by atoms with van der Waals surface area (Å²) in [4.78, 5) is 38.5. The molecule has 0 fully saturated rings. The van der Waals surface area contributed by atoms with Gasteiger partial charge in [0.05, 0.1) is 12.6 Å². The summed E-state index contributed by atoms with van der Waals surface area (Å²) in [6.45, 7) is -0.309. The minimum absolute atomic E-state index is 0.223. The van der Waals surface area contributed by atoms with Crippen LogP contribution in [0.25, 0.3) is 0 Å². The van der Waals surface area contributed by atoms with Gasteiger partial charge in [0, 0.05) is 6.20 Å². The van der Waals surface area contributed by atoms with Crippen molar-refractivity contribution in [1.82, 2.24) is 15.3 Å². The smallest absolute Gasteiger partial charge is 0.325 e. The normalized spacial score (nSPS) is 11.8. The van der Waals surface area contributed by atoms with Crippen molar-refractivity contribution < 1.29 is 9.90 Å². The maximum atomic E-state index is 12.0. The number of H-pyrrole nitrogens is 2. The molecule has 2 aromatic rings. The number of benzene rings is 1. The highest BCUT2D eigenvalue weighted by atomic mass is 16.3. The second-order valence-corrected chi connectivity index (χ2v) is 4.10. The number of nitrogens with one attached hydrogen (secondary N) is 3. The number of carbonyl (C=O) groups excluding carboxylic acids is 1. The highest BCUT2D eigenvalue weighted by molar-refractivity contribution is 5.93. The molecule has 2 rings (SSSR count). The van der Waals surface area contributed by atoms with Gasteiger partial charge < -0.3 is 15.4 Å². The number of carbonyl (C=O) groups is 1. The summed E-state index contributed by atoms with van der Waals surface area (Å²) in [5.41, 5.74) is -0.979. The molecule has 0 radical (unpaired) electrons. The molecule has 0 saturated carbocycles. The predicted molar refractivity (Wildman–Crippen MR) is 71.4 cm³/mol. The van der Waals surface area contributed by atoms with Gasteiger partial charge in [0.2, 0.25) is 0 Å². The number of amides is 1. The Labute approximate surface area is 113 Å². The molecule has 0 saturated heterocycles. The predicted octanol–water partition coefficient (Wildman–Crippen LogP) is -0.473. The van der Waals surface area contributed by atoms with E-state index in [2.05, 4.69) is 10.3 Å². The lowest BCUT2D eigenvalue weighted by Gasteiger charge is -2.16. The van der Waals surface area contributed by atoms with Gasteiger partial charge in [-0.15, -0.1) is 0 Å². The third-order valence-corrected chi connectivity index (χ3v) is 2.75. The van der Waals surface area contributed by atoms with Crippen molar-refractivity contribution >= 4 is 5.91 Å². The molecule has 0 aliphatic carbocycles. The molecule has 1 heterocycles. The first kappa shape index (κ1) is 13.8. The fourth-order valence-corrected chi connectivity index (χ4v) is 1.73. The number of hydrogen-bond acceptors (Lipinski definition) is 4. The Kier molecular flexibility index (Phi) is 4.11. The first-order valence-corrected chi connectivity index (χ1v) is 5.90. The van der Waals surface area contributed by atoms with E-state index in [1.54, 1.807) is 24.3 Å². The molecule has 7 heteroatoms. The van der Waals surface area contributed by atoms with Gasteiger partial charge in [-0.1, -0.05) is 30.3 Å². The molecule has 0 spiro atoms. The van der Waals surface area contributed by atoms with Gasteiger partial charge in [0.15, 0.2) is 0 Å². The fourth-order valence-electron chi connectivity index (χ4n) is 1.73. The van der Waals surface area contributed by atoms with Crippen LogP contribution in [-0.2, 0) is 0 Å². The fraction of sp³-hybridized carbons (Fsp3) is 0.154. The molecule has 4 N–H and O–H groups in total. The summed E-state index contributed by atoms with van der Waals surface area (Å²) in [7, 11) is 0. The van der Waals surface area contributed by atoms with Crippen LogP contribution in [0.3, 0.4) is 0 Å². The molecule has 0 bridgehead atoms. The SMILES string of the molecule is O=C(NC(CO)c1ccccc1)c1c[nH]c(=O)[nH]c1=O. The molecule has 1 unspecified atom stereocenters. The van der Waals surface area contributed by atoms with Gasteiger partial charge >= 0.3 is 5.69 Å². The Morgan fingerprint density at radius 3 is 2.55 bits per heavy atom. The highest BCUT2D eigenvalue weighted by Gasteiger charge is 2.17. The van der Waals surface area contributed by atoms with Crippen LogP contribution in [0.5, 0.6) is 0 Å². The van der Waals surface area contributed by atoms with Crippen molar-refractivity contribution in [2.24, 2.45) is 0 Å². The number of aliphatic hydroxyl groups excluding tert-OH is 1. The van der Waals surface area contributed by atoms with Crippen LogP contribution >= 0.6 is 0 Å². The van der Waals surface area contributed by atoms with Crippen molar-refractivity contribution in [2.75, 3.05) is 6.61 Å². The minimum atomic E-state index is -0.781. The maximum Gasteiger partial charge on any atom is 0.325 e. The molecule has 0 aliphatic rings. The van der Waals surface area contributed by atoms with E-state index in [1.165, 1.54) is 0 Å². The van der Waals surface area contributed by atoms with Crippen molar-refractivity contribution in [3.8, 4) is 0 Å². The van der Waals surface area contributed by atoms with Crippen LogP contribution in [0.1, 0.15) is 22.0 Å². The Bertz CT molecular complexity index is 705. The van der Waals surface area contributed by atoms with Gasteiger partial charge in [-0.25, -0.2) is 4.79 Å². The third-order valence-electron chi connectivity index (χ3n) is 2.75. The zero-order valence-electron chi connectivity index (χ0n) is 10.4. The van der Waals surface area contributed by atoms with Gasteiger partial charge in [0.25, 0.3) is 11.5 Å². The molecule has 20 heavy (non-hydrogen) atoms. The van der Waals surface area contributed by atoms with Crippen LogP contribution in [-0.4, -0.2) is 27.6 Å². The van der Waals surface area contributed by atoms with Gasteiger partial charge in [0.1, 0.15) is 5.56 Å². The Hall–Kier alpha value is -2.67. The lowest BCUT2D eigenvalue weighted by molar-refractivity contribution is 0.0914. The summed E-state index contributed by atoms with van der Waals surface area (Å²) < 4.78 is 0. The monoisotopic (exact) mass is 275 g/mol. The van der Waals surface area contributed by atoms with Crippen molar-refractivity contribution in [2.45, 2.75) is 6.04 Å². The Morgan fingerprint density at radius 2 is 1.95 bits per heavy atom. The molecular weight excluding hydrogens is 262 g/mol. The first-order chi connectivity index (χ1) is 9.61. The molecule has 1 atom stereocenters. The van der Waals surface area contributed by atoms with Gasteiger partial charge in [-0.3, -0.25) is 14.6 Å². The molecular formula is C13H13N3O4. The Morgan fingerprint density at radius 1 is 1.25 bits per heavy atom. The summed E-state index contributed by atoms with van der Waals surface area (Å²) in [6.07, 6.45) is 1.04. The Balaban J connectivity index is 2.22. The summed E-state index contributed by atoms with van der Waals surface area (Å²) in [6, 6.07) is 8.23. The number of rotatable bonds is 4. The van der Waals surface area contributed by atoms with Crippen LogP contribution in [0, 0.1) is 0 Å². The topological polar surface area (TPSA) is 115 Å². The number of aromatic amines is 2. The summed E-state index contributed by atoms with van der Waals surface area (Å²) >= 11 is 0. The van der Waals surface area contributed by atoms with E-state index < -0.39 is 23.2 Å². The average Bonchev–Trinajstić information content (AvgIpc) is 2.45. The summed E-state index contributed by atoms with van der Waals surface area (Å²) in [5.74, 6) is -0.676. The minimum Gasteiger partial charge on any atom is -0.394 e. The molecule has 1 aromatic carbocycles. The molecule has 1 amide bonds. The number of hydrogen-bond donors (Lipinski definition) is 4. The van der Waals surface area contributed by atoms with Crippen LogP contribution in [0.4, 0.5) is 0 Å². The van der Waals surface area contributed by atoms with E-state index in [9.17, 15) is 19.5 Å². The van der Waals surface area contributed by atoms with Gasteiger partial charge in [-0.05, 0) is 5.56 Å². The number of aliphatic hydroxyl groups is 1. The first-order valence-electron chi connectivity index (χ1n) is 5.90. The van der Waals surface area contributed by atoms with E-state index in [0.717, 1.165) is 6.20 Å². The van der Waals surface area contributed by atoms with Crippen LogP contribution < -0.4 is 16.6 Å². The molecule has 104 valence electrons. The zero-order chi connectivity index (χ0) is 14.5. The summed E-state index contributed by atoms with van der Waals surface area (Å²) in [5, 5.41) is 11.9. The van der Waals surface area contributed by atoms with E-state index >= 15 is 0 Å². The van der Waals surface area contributed by atoms with Gasteiger partial charge in [-0.2, -0.15) is 0 Å². The maximum absolute atomic E-state index is 12.0. The van der Waals surface area contributed by atoms with Crippen molar-refractivity contribution in [3.05, 3.63) is 68.5 Å². The van der Waals surface area contributed by atoms with E-state index in [1.807, 2.05) is 11.1 Å². The zero-order valence-corrected chi connectivity index (χ0v) is 10.4. The second kappa shape index (κ2) is 5.98. The van der Waals surface area contributed by atoms with Crippen LogP contribution in [0.15, 0.2) is 46.1 Å². The molecule has 1 aromatic heterocycles. The van der Waals surface area contributed by atoms with E-state index in [-0.39, 0.29) is 12.2 Å². The quantitative estimate of drug-likeness (QED) is 0.603. The van der Waals surface area contributed by atoms with Crippen molar-refractivity contribution in [3.63, 3.8) is 0 Å². The van der Waals surface area contributed by atoms with E-state index in [4.69, 9.17) is 0 Å². The third kappa shape index (κ3) is 3.01. The second-order valence-electron chi connectivity index (χ2n) is 4.10. The average molecular weight is 275 g/mol. The standard InChI is InChI=1S/C13H13N3O4/c17-7-10(8-4-2-1-3-5-8)15-11(18)9-6-14-13(20)16-12(9)19/h1-6,10,17H,7H2,(H,15,18)(H2,14,16,19,20). The van der Waals surface area contributed by atoms with Crippen molar-refractivity contribution in [1.29, 1.82) is 0 Å². The molecule has 0 aliphatic heterocycles. The highest BCUT2D eigenvalue weighted by Crippen LogP contribution is 2.11. The molecule has 7 nitrogen and oxygen atoms in total. The lowest BCUT2D eigenvalue weighted by atomic mass is 10.1. The van der Waals surface area contributed by atoms with Crippen LogP contribution in [0.2, 0.25) is 0 Å². The van der Waals surface area contributed by atoms with E-state index in [0.29, 0.717) is 5.56 Å².